The fourth-order valence-corrected chi connectivity index (χ4v) is 8.77. The Kier molecular flexibility index (Phi) is 40.5. The molecule has 13 heteroatoms. The summed E-state index contributed by atoms with van der Waals surface area (Å²) in [6.07, 6.45) is 42.8. The van der Waals surface area contributed by atoms with Gasteiger partial charge >= 0.3 is 13.8 Å². The predicted octanol–water partition coefficient (Wildman–Crippen LogP) is 11.8. The highest BCUT2D eigenvalue weighted by molar-refractivity contribution is 7.47. The van der Waals surface area contributed by atoms with E-state index in [0.717, 1.165) is 83.5 Å². The molecule has 0 radical (unpaired) electrons. The Hall–Kier alpha value is -1.96. The van der Waals surface area contributed by atoms with Crippen LogP contribution in [-0.2, 0) is 27.9 Å². The molecule has 0 aromatic rings. The largest absolute Gasteiger partial charge is 0.472 e. The van der Waals surface area contributed by atoms with Gasteiger partial charge in [0.15, 0.2) is 0 Å². The van der Waals surface area contributed by atoms with Gasteiger partial charge in [-0.25, -0.2) is 4.57 Å². The van der Waals surface area contributed by atoms with Crippen molar-refractivity contribution < 1.29 is 58.3 Å². The summed E-state index contributed by atoms with van der Waals surface area (Å²) in [5, 5.41) is 50.3. The molecule has 384 valence electrons. The van der Waals surface area contributed by atoms with Crippen LogP contribution in [0.5, 0.6) is 0 Å². The van der Waals surface area contributed by atoms with Crippen LogP contribution in [0.4, 0.5) is 0 Å². The smallest absolute Gasteiger partial charge is 0.457 e. The van der Waals surface area contributed by atoms with Crippen LogP contribution in [0, 0.1) is 0 Å². The molecule has 66 heavy (non-hydrogen) atoms. The van der Waals surface area contributed by atoms with Gasteiger partial charge in [-0.15, -0.1) is 0 Å². The van der Waals surface area contributed by atoms with E-state index in [2.05, 4.69) is 74.6 Å². The number of unbranched alkanes of at least 4 members (excludes halogenated alkanes) is 22. The van der Waals surface area contributed by atoms with Gasteiger partial charge in [-0.2, -0.15) is 0 Å². The second-order valence-corrected chi connectivity index (χ2v) is 19.4. The second kappa shape index (κ2) is 43.1. The third-order valence-corrected chi connectivity index (χ3v) is 12.9. The summed E-state index contributed by atoms with van der Waals surface area (Å²) in [7, 11) is -5.03. The molecular weight excluding hydrogens is 860 g/mol. The number of aliphatic hydroxyl groups excluding tert-OH is 5. The number of esters is 1. The number of carbonyl (C=O) groups excluding carboxylic acids is 1. The van der Waals surface area contributed by atoms with Gasteiger partial charge in [-0.05, 0) is 57.8 Å². The maximum Gasteiger partial charge on any atom is 0.472 e. The van der Waals surface area contributed by atoms with Gasteiger partial charge < -0.3 is 39.9 Å². The zero-order valence-electron chi connectivity index (χ0n) is 41.2. The van der Waals surface area contributed by atoms with Crippen molar-refractivity contribution in [3.8, 4) is 0 Å². The van der Waals surface area contributed by atoms with Gasteiger partial charge in [0.05, 0.1) is 13.2 Å². The molecule has 1 saturated carbocycles. The number of phosphoric ester groups is 1. The molecular formula is C53H95O12P. The minimum Gasteiger partial charge on any atom is -0.457 e. The molecule has 12 nitrogen and oxygen atoms in total. The van der Waals surface area contributed by atoms with Crippen molar-refractivity contribution in [2.45, 2.75) is 249 Å². The van der Waals surface area contributed by atoms with Crippen molar-refractivity contribution in [1.82, 2.24) is 0 Å². The fraction of sp³-hybridized carbons (Fsp3) is 0.792. The summed E-state index contributed by atoms with van der Waals surface area (Å²) in [5.74, 6) is -0.494. The molecule has 6 atom stereocenters. The Labute approximate surface area is 400 Å². The highest BCUT2D eigenvalue weighted by Crippen LogP contribution is 2.47. The minimum absolute atomic E-state index is 0.0845. The van der Waals surface area contributed by atoms with E-state index in [-0.39, 0.29) is 13.0 Å². The molecule has 1 fully saturated rings. The Morgan fingerprint density at radius 3 is 1.36 bits per heavy atom. The molecule has 0 saturated heterocycles. The lowest BCUT2D eigenvalue weighted by Crippen LogP contribution is -2.64. The van der Waals surface area contributed by atoms with Crippen LogP contribution in [0.25, 0.3) is 0 Å². The molecule has 0 spiro atoms. The van der Waals surface area contributed by atoms with Crippen molar-refractivity contribution in [2.75, 3.05) is 19.8 Å². The Morgan fingerprint density at radius 2 is 0.894 bits per heavy atom. The summed E-state index contributed by atoms with van der Waals surface area (Å²) in [6, 6.07) is 0. The monoisotopic (exact) mass is 955 g/mol. The van der Waals surface area contributed by atoms with Crippen LogP contribution in [-0.4, -0.2) is 98.9 Å². The van der Waals surface area contributed by atoms with Gasteiger partial charge in [0.25, 0.3) is 0 Å². The van der Waals surface area contributed by atoms with Crippen molar-refractivity contribution in [3.05, 3.63) is 60.8 Å². The summed E-state index contributed by atoms with van der Waals surface area (Å²) in [4.78, 5) is 23.3. The molecule has 1 rings (SSSR count). The van der Waals surface area contributed by atoms with Crippen LogP contribution >= 0.6 is 7.82 Å². The van der Waals surface area contributed by atoms with E-state index in [1.807, 2.05) is 0 Å². The molecule has 6 unspecified atom stereocenters. The number of carbonyl (C=O) groups is 1. The first-order chi connectivity index (χ1) is 32.0. The van der Waals surface area contributed by atoms with Crippen molar-refractivity contribution in [2.24, 2.45) is 0 Å². The average Bonchev–Trinajstić information content (AvgIpc) is 3.30. The van der Waals surface area contributed by atoms with Gasteiger partial charge in [0.2, 0.25) is 0 Å². The number of allylic oxidation sites excluding steroid dienone is 10. The molecule has 0 aromatic carbocycles. The number of phosphoric acid groups is 1. The van der Waals surface area contributed by atoms with E-state index in [0.29, 0.717) is 13.0 Å². The summed E-state index contributed by atoms with van der Waals surface area (Å²) in [6.45, 7) is 4.15. The van der Waals surface area contributed by atoms with E-state index >= 15 is 0 Å². The number of hydrogen-bond acceptors (Lipinski definition) is 11. The zero-order chi connectivity index (χ0) is 48.4. The molecule has 1 aliphatic carbocycles. The lowest BCUT2D eigenvalue weighted by Gasteiger charge is -2.41. The van der Waals surface area contributed by atoms with Crippen LogP contribution in [0.1, 0.15) is 206 Å². The lowest BCUT2D eigenvalue weighted by atomic mass is 9.85. The Balaban J connectivity index is 2.36. The van der Waals surface area contributed by atoms with E-state index in [9.17, 15) is 39.8 Å². The number of hydrogen-bond donors (Lipinski definition) is 6. The topological polar surface area (TPSA) is 192 Å². The third-order valence-electron chi connectivity index (χ3n) is 11.9. The number of aliphatic hydroxyl groups is 5. The van der Waals surface area contributed by atoms with E-state index in [1.165, 1.54) is 96.3 Å². The van der Waals surface area contributed by atoms with Gasteiger partial charge in [0.1, 0.15) is 42.7 Å². The summed E-state index contributed by atoms with van der Waals surface area (Å²) < 4.78 is 34.3. The van der Waals surface area contributed by atoms with Crippen LogP contribution in [0.15, 0.2) is 60.8 Å². The van der Waals surface area contributed by atoms with Crippen molar-refractivity contribution in [1.29, 1.82) is 0 Å². The number of rotatable bonds is 44. The molecule has 0 bridgehead atoms. The normalized spacial score (nSPS) is 21.9. The summed E-state index contributed by atoms with van der Waals surface area (Å²) >= 11 is 0. The highest BCUT2D eigenvalue weighted by Gasteiger charge is 2.51. The third kappa shape index (κ3) is 34.3. The summed E-state index contributed by atoms with van der Waals surface area (Å²) in [5.41, 5.74) is 0. The predicted molar refractivity (Wildman–Crippen MR) is 267 cm³/mol. The second-order valence-electron chi connectivity index (χ2n) is 18.0. The standard InChI is InChI=1S/C53H95O12P/c1-3-5-7-9-11-13-15-17-19-21-23-24-25-26-28-30-32-34-36-38-40-42-47(54)64-46(45-63-66(60,61)65-53-51(58)49(56)48(55)50(57)52(53)59)44-62-43-41-39-37-35-33-31-29-27-22-20-18-16-14-12-10-8-6-4-2/h5,7,11,13,17,19,23-24,26,28,46,48-53,55-59H,3-4,6,8-10,12,14-16,18,20-22,25,27,29-45H2,1-2H3,(H,60,61)/b7-5-,13-11-,19-17-,24-23-,28-26-. The van der Waals surface area contributed by atoms with E-state index in [1.54, 1.807) is 0 Å². The van der Waals surface area contributed by atoms with Crippen LogP contribution in [0.2, 0.25) is 0 Å². The Morgan fingerprint density at radius 1 is 0.500 bits per heavy atom. The van der Waals surface area contributed by atoms with Gasteiger partial charge in [-0.3, -0.25) is 13.8 Å². The average molecular weight is 955 g/mol. The Bertz CT molecular complexity index is 1320. The molecule has 6 N–H and O–H groups in total. The molecule has 0 heterocycles. The first kappa shape index (κ1) is 62.1. The first-order valence-electron chi connectivity index (χ1n) is 26.1. The number of ether oxygens (including phenoxy) is 2. The zero-order valence-corrected chi connectivity index (χ0v) is 42.1. The maximum absolute atomic E-state index is 12.9. The quantitative estimate of drug-likeness (QED) is 0.0147. The first-order valence-corrected chi connectivity index (χ1v) is 27.6. The van der Waals surface area contributed by atoms with Crippen molar-refractivity contribution >= 4 is 13.8 Å². The molecule has 0 amide bonds. The fourth-order valence-electron chi connectivity index (χ4n) is 7.80. The van der Waals surface area contributed by atoms with Gasteiger partial charge in [0, 0.05) is 13.0 Å². The maximum atomic E-state index is 12.9. The van der Waals surface area contributed by atoms with Crippen molar-refractivity contribution in [3.63, 3.8) is 0 Å². The van der Waals surface area contributed by atoms with E-state index < -0.39 is 63.1 Å². The highest BCUT2D eigenvalue weighted by atomic mass is 31.2. The van der Waals surface area contributed by atoms with E-state index in [4.69, 9.17) is 18.5 Å². The minimum atomic E-state index is -5.03. The van der Waals surface area contributed by atoms with Gasteiger partial charge in [-0.1, -0.05) is 203 Å². The lowest BCUT2D eigenvalue weighted by molar-refractivity contribution is -0.220. The molecule has 1 aliphatic rings. The molecule has 0 aliphatic heterocycles. The SMILES string of the molecule is CC/C=C\C/C=C\C/C=C\C/C=C\C/C=C\CCCCCCCC(=O)OC(COCCCCCCCCCCCCCCCCCCCC)COP(=O)(O)OC1C(O)C(O)C(O)C(O)C1O. The van der Waals surface area contributed by atoms with Crippen LogP contribution < -0.4 is 0 Å². The molecule has 0 aromatic heterocycles. The van der Waals surface area contributed by atoms with Crippen LogP contribution in [0.3, 0.4) is 0 Å².